The van der Waals surface area contributed by atoms with E-state index in [4.69, 9.17) is 11.5 Å². The molecule has 0 amide bonds. The van der Waals surface area contributed by atoms with Crippen molar-refractivity contribution in [3.05, 3.63) is 0 Å². The second-order valence-electron chi connectivity index (χ2n) is 1.33. The maximum Gasteiger partial charge on any atom is 0.00772 e. The Hall–Kier alpha value is -0.120. The normalized spacial score (nSPS) is 14.6. The molecule has 3 heteroatoms. The number of hydrogen-bond donors (Lipinski definition) is 3. The van der Waals surface area contributed by atoms with Crippen LogP contribution >= 0.6 is 0 Å². The highest BCUT2D eigenvalue weighted by Gasteiger charge is 1.91. The van der Waals surface area contributed by atoms with Gasteiger partial charge in [0, 0.05) is 26.2 Å². The second-order valence-corrected chi connectivity index (χ2v) is 1.33. The average Bonchev–Trinajstić information content (AvgIpc) is 2.47. The van der Waals surface area contributed by atoms with E-state index in [0.29, 0.717) is 13.1 Å². The first-order valence-corrected chi connectivity index (χ1v) is 2.52. The summed E-state index contributed by atoms with van der Waals surface area (Å²) in [6, 6.07) is 0. The van der Waals surface area contributed by atoms with Crippen LogP contribution in [0, 0.1) is 0 Å². The van der Waals surface area contributed by atoms with Gasteiger partial charge in [-0.1, -0.05) is 0 Å². The lowest BCUT2D eigenvalue weighted by molar-refractivity contribution is 0.976. The third-order valence-corrected chi connectivity index (χ3v) is 0.417. The molecule has 1 rings (SSSR count). The smallest absolute Gasteiger partial charge is 0.00772 e. The van der Waals surface area contributed by atoms with Gasteiger partial charge < -0.3 is 16.8 Å². The van der Waals surface area contributed by atoms with Crippen molar-refractivity contribution in [3.63, 3.8) is 0 Å². The summed E-state index contributed by atoms with van der Waals surface area (Å²) < 4.78 is 0. The number of rotatable bonds is 1. The number of hydrogen-bond acceptors (Lipinski definition) is 3. The van der Waals surface area contributed by atoms with Gasteiger partial charge in [0.25, 0.3) is 0 Å². The van der Waals surface area contributed by atoms with Crippen LogP contribution < -0.4 is 16.8 Å². The lowest BCUT2D eigenvalue weighted by Crippen LogP contribution is -2.11. The summed E-state index contributed by atoms with van der Waals surface area (Å²) >= 11 is 0. The Bertz CT molecular complexity index is 23.4. The van der Waals surface area contributed by atoms with Gasteiger partial charge in [0.05, 0.1) is 0 Å². The number of nitrogens with two attached hydrogens (primary N) is 2. The molecule has 1 saturated heterocycles. The maximum absolute atomic E-state index is 4.90. The summed E-state index contributed by atoms with van der Waals surface area (Å²) in [7, 11) is 0. The summed E-state index contributed by atoms with van der Waals surface area (Å²) in [5.41, 5.74) is 9.81. The van der Waals surface area contributed by atoms with Crippen LogP contribution in [0.1, 0.15) is 0 Å². The molecule has 0 aromatic carbocycles. The van der Waals surface area contributed by atoms with Crippen LogP contribution in [0.3, 0.4) is 0 Å². The molecule has 5 N–H and O–H groups in total. The molecule has 0 unspecified atom stereocenters. The zero-order chi connectivity index (χ0) is 5.54. The average molecular weight is 103 g/mol. The SMILES string of the molecule is C1CN1.NCCN. The van der Waals surface area contributed by atoms with Crippen molar-refractivity contribution in [2.45, 2.75) is 0 Å². The highest BCUT2D eigenvalue weighted by molar-refractivity contribution is 4.58. The van der Waals surface area contributed by atoms with Gasteiger partial charge in [-0.05, 0) is 0 Å². The van der Waals surface area contributed by atoms with Crippen molar-refractivity contribution in [1.82, 2.24) is 5.32 Å². The third kappa shape index (κ3) is 25.0. The molecule has 1 aliphatic rings. The monoisotopic (exact) mass is 103 g/mol. The van der Waals surface area contributed by atoms with Crippen LogP contribution in [-0.2, 0) is 0 Å². The van der Waals surface area contributed by atoms with Gasteiger partial charge >= 0.3 is 0 Å². The van der Waals surface area contributed by atoms with Crippen LogP contribution in [0.2, 0.25) is 0 Å². The summed E-state index contributed by atoms with van der Waals surface area (Å²) in [6.07, 6.45) is 0. The fraction of sp³-hybridized carbons (Fsp3) is 1.00. The Labute approximate surface area is 44.1 Å². The molecule has 3 nitrogen and oxygen atoms in total. The quantitative estimate of drug-likeness (QED) is 0.353. The second kappa shape index (κ2) is 5.88. The Morgan fingerprint density at radius 1 is 1.14 bits per heavy atom. The topological polar surface area (TPSA) is 74.0 Å². The van der Waals surface area contributed by atoms with Crippen LogP contribution in [0.4, 0.5) is 0 Å². The van der Waals surface area contributed by atoms with E-state index in [1.165, 1.54) is 13.1 Å². The minimum absolute atomic E-state index is 0.597. The molecule has 0 spiro atoms. The molecule has 44 valence electrons. The Morgan fingerprint density at radius 2 is 1.43 bits per heavy atom. The minimum atomic E-state index is 0.597. The molecular weight excluding hydrogens is 90.1 g/mol. The van der Waals surface area contributed by atoms with E-state index in [1.54, 1.807) is 0 Å². The number of nitrogens with one attached hydrogen (secondary N) is 1. The van der Waals surface area contributed by atoms with Gasteiger partial charge in [-0.2, -0.15) is 0 Å². The van der Waals surface area contributed by atoms with Crippen molar-refractivity contribution in [2.75, 3.05) is 26.2 Å². The summed E-state index contributed by atoms with van der Waals surface area (Å²) in [5, 5.41) is 3.00. The highest BCUT2D eigenvalue weighted by Crippen LogP contribution is 1.65. The van der Waals surface area contributed by atoms with Gasteiger partial charge in [-0.3, -0.25) is 0 Å². The van der Waals surface area contributed by atoms with Gasteiger partial charge in [0.2, 0.25) is 0 Å². The molecule has 0 radical (unpaired) electrons. The maximum atomic E-state index is 4.90. The fourth-order valence-corrected chi connectivity index (χ4v) is 0. The first kappa shape index (κ1) is 6.88. The van der Waals surface area contributed by atoms with Crippen molar-refractivity contribution in [2.24, 2.45) is 11.5 Å². The molecular formula is C4H13N3. The molecule has 1 aliphatic heterocycles. The Balaban J connectivity index is 0.000000105. The fourth-order valence-electron chi connectivity index (χ4n) is 0. The molecule has 1 heterocycles. The van der Waals surface area contributed by atoms with Gasteiger partial charge in [0.1, 0.15) is 0 Å². The van der Waals surface area contributed by atoms with Crippen molar-refractivity contribution in [1.29, 1.82) is 0 Å². The van der Waals surface area contributed by atoms with Crippen molar-refractivity contribution < 1.29 is 0 Å². The first-order valence-electron chi connectivity index (χ1n) is 2.52. The molecule has 0 aromatic rings. The largest absolute Gasteiger partial charge is 0.329 e. The van der Waals surface area contributed by atoms with Crippen LogP contribution in [0.15, 0.2) is 0 Å². The molecule has 0 aromatic heterocycles. The van der Waals surface area contributed by atoms with E-state index in [-0.39, 0.29) is 0 Å². The zero-order valence-corrected chi connectivity index (χ0v) is 4.48. The molecule has 0 aliphatic carbocycles. The van der Waals surface area contributed by atoms with E-state index >= 15 is 0 Å². The van der Waals surface area contributed by atoms with Gasteiger partial charge in [-0.25, -0.2) is 0 Å². The Kier molecular flexibility index (Phi) is 5.78. The van der Waals surface area contributed by atoms with E-state index in [1.807, 2.05) is 0 Å². The predicted octanol–water partition coefficient (Wildman–Crippen LogP) is -1.51. The molecule has 7 heavy (non-hydrogen) atoms. The van der Waals surface area contributed by atoms with Crippen LogP contribution in [0.25, 0.3) is 0 Å². The third-order valence-electron chi connectivity index (χ3n) is 0.417. The van der Waals surface area contributed by atoms with Gasteiger partial charge in [0.15, 0.2) is 0 Å². The lowest BCUT2D eigenvalue weighted by Gasteiger charge is -1.72. The van der Waals surface area contributed by atoms with E-state index in [9.17, 15) is 0 Å². The zero-order valence-electron chi connectivity index (χ0n) is 4.48. The lowest BCUT2D eigenvalue weighted by atomic mass is 10.7. The molecule has 0 saturated carbocycles. The predicted molar refractivity (Wildman–Crippen MR) is 31.0 cm³/mol. The molecule has 0 bridgehead atoms. The van der Waals surface area contributed by atoms with Crippen molar-refractivity contribution in [3.8, 4) is 0 Å². The minimum Gasteiger partial charge on any atom is -0.329 e. The van der Waals surface area contributed by atoms with Gasteiger partial charge in [-0.15, -0.1) is 0 Å². The molecule has 1 fully saturated rings. The summed E-state index contributed by atoms with van der Waals surface area (Å²) in [5.74, 6) is 0. The van der Waals surface area contributed by atoms with Crippen molar-refractivity contribution >= 4 is 0 Å². The summed E-state index contributed by atoms with van der Waals surface area (Å²) in [4.78, 5) is 0. The highest BCUT2D eigenvalue weighted by atomic mass is 15.0. The summed E-state index contributed by atoms with van der Waals surface area (Å²) in [6.45, 7) is 3.69. The Morgan fingerprint density at radius 3 is 1.43 bits per heavy atom. The standard InChI is InChI=1S/C2H8N2.C2H5N/c3-1-2-4;1-2-3-1/h1-4H2;3H,1-2H2. The van der Waals surface area contributed by atoms with E-state index < -0.39 is 0 Å². The first-order chi connectivity index (χ1) is 3.41. The van der Waals surface area contributed by atoms with E-state index in [0.717, 1.165) is 0 Å². The van der Waals surface area contributed by atoms with Crippen LogP contribution in [-0.4, -0.2) is 26.2 Å². The van der Waals surface area contributed by atoms with Crippen LogP contribution in [0.5, 0.6) is 0 Å². The van der Waals surface area contributed by atoms with E-state index in [2.05, 4.69) is 5.32 Å². The molecule has 0 atom stereocenters.